The average molecular weight is 326 g/mol. The van der Waals surface area contributed by atoms with Gasteiger partial charge in [0.2, 0.25) is 5.91 Å². The molecule has 0 unspecified atom stereocenters. The molecule has 0 atom stereocenters. The van der Waals surface area contributed by atoms with Gasteiger partial charge in [-0.15, -0.1) is 0 Å². The Kier molecular flexibility index (Phi) is 3.67. The molecule has 6 heteroatoms. The predicted molar refractivity (Wildman–Crippen MR) is 87.4 cm³/mol. The number of nitrogens with zero attached hydrogens (tertiary/aromatic N) is 3. The fourth-order valence-corrected chi connectivity index (χ4v) is 3.66. The molecule has 0 spiro atoms. The molecule has 24 heavy (non-hydrogen) atoms. The molecule has 1 aliphatic heterocycles. The highest BCUT2D eigenvalue weighted by molar-refractivity contribution is 5.80. The summed E-state index contributed by atoms with van der Waals surface area (Å²) in [6.45, 7) is 1.16. The van der Waals surface area contributed by atoms with Crippen LogP contribution in [0.25, 0.3) is 0 Å². The van der Waals surface area contributed by atoms with Crippen molar-refractivity contribution in [2.24, 2.45) is 5.92 Å². The normalized spacial score (nSPS) is 22.6. The summed E-state index contributed by atoms with van der Waals surface area (Å²) in [6.07, 6.45) is 3.76. The minimum Gasteiger partial charge on any atom is -0.383 e. The van der Waals surface area contributed by atoms with Crippen molar-refractivity contribution in [3.8, 4) is 0 Å². The number of hydrogen-bond donors (Lipinski definition) is 1. The number of carbonyl (C=O) groups excluding carboxylic acids is 1. The number of carbonyl (C=O) groups is 1. The summed E-state index contributed by atoms with van der Waals surface area (Å²) in [5.74, 6) is 0.705. The average Bonchev–Trinajstić information content (AvgIpc) is 2.53. The molecule has 2 aliphatic rings. The number of halogens is 1. The molecule has 2 aromatic rings. The molecule has 1 aromatic carbocycles. The Balaban J connectivity index is 1.41. The zero-order valence-electron chi connectivity index (χ0n) is 13.3. The molecule has 5 nitrogen and oxygen atoms in total. The maximum absolute atomic E-state index is 13.3. The van der Waals surface area contributed by atoms with Crippen LogP contribution in [0, 0.1) is 11.7 Å². The first-order valence-electron chi connectivity index (χ1n) is 8.24. The van der Waals surface area contributed by atoms with Gasteiger partial charge in [0.15, 0.2) is 0 Å². The number of nitrogen functional groups attached to an aromatic ring is 1. The number of fused-ring (bicyclic) bond motifs is 1. The monoisotopic (exact) mass is 326 g/mol. The summed E-state index contributed by atoms with van der Waals surface area (Å²) < 4.78 is 13.3. The summed E-state index contributed by atoms with van der Waals surface area (Å²) >= 11 is 0. The van der Waals surface area contributed by atoms with Gasteiger partial charge in [-0.05, 0) is 36.5 Å². The molecule has 0 bridgehead atoms. The summed E-state index contributed by atoms with van der Waals surface area (Å²) in [7, 11) is 0. The van der Waals surface area contributed by atoms with E-state index in [1.807, 2.05) is 11.0 Å². The summed E-state index contributed by atoms with van der Waals surface area (Å²) in [5.41, 5.74) is 8.72. The Labute approximate surface area is 139 Å². The maximum atomic E-state index is 13.3. The van der Waals surface area contributed by atoms with Gasteiger partial charge in [-0.2, -0.15) is 0 Å². The van der Waals surface area contributed by atoms with E-state index in [1.54, 1.807) is 12.1 Å². The molecule has 1 aromatic heterocycles. The van der Waals surface area contributed by atoms with Crippen molar-refractivity contribution >= 4 is 11.7 Å². The van der Waals surface area contributed by atoms with Gasteiger partial charge in [-0.3, -0.25) is 4.79 Å². The van der Waals surface area contributed by atoms with E-state index in [2.05, 4.69) is 9.97 Å². The predicted octanol–water partition coefficient (Wildman–Crippen LogP) is 2.28. The van der Waals surface area contributed by atoms with Crippen molar-refractivity contribution in [1.82, 2.24) is 14.9 Å². The van der Waals surface area contributed by atoms with Crippen molar-refractivity contribution in [1.29, 1.82) is 0 Å². The van der Waals surface area contributed by atoms with E-state index in [0.717, 1.165) is 29.7 Å². The molecule has 4 rings (SSSR count). The van der Waals surface area contributed by atoms with E-state index < -0.39 is 0 Å². The van der Waals surface area contributed by atoms with Gasteiger partial charge in [0.05, 0.1) is 12.2 Å². The molecule has 1 fully saturated rings. The summed E-state index contributed by atoms with van der Waals surface area (Å²) in [6, 6.07) is 6.68. The van der Waals surface area contributed by atoms with Crippen molar-refractivity contribution in [2.45, 2.75) is 31.7 Å². The van der Waals surface area contributed by atoms with Crippen molar-refractivity contribution in [2.75, 3.05) is 12.3 Å². The molecule has 1 amide bonds. The third-order valence-electron chi connectivity index (χ3n) is 5.15. The van der Waals surface area contributed by atoms with Gasteiger partial charge in [0.25, 0.3) is 0 Å². The minimum atomic E-state index is -0.217. The second-order valence-electron chi connectivity index (χ2n) is 6.61. The Morgan fingerprint density at radius 1 is 1.29 bits per heavy atom. The molecule has 0 radical (unpaired) electrons. The lowest BCUT2D eigenvalue weighted by molar-refractivity contribution is -0.139. The van der Waals surface area contributed by atoms with E-state index in [-0.39, 0.29) is 23.6 Å². The van der Waals surface area contributed by atoms with E-state index in [1.165, 1.54) is 12.4 Å². The lowest BCUT2D eigenvalue weighted by Crippen LogP contribution is -2.44. The van der Waals surface area contributed by atoms with E-state index >= 15 is 0 Å². The number of nitrogens with two attached hydrogens (primary N) is 1. The van der Waals surface area contributed by atoms with Crippen LogP contribution in [0.15, 0.2) is 30.6 Å². The number of hydrogen-bond acceptors (Lipinski definition) is 4. The molecule has 124 valence electrons. The molecule has 2 N–H and O–H groups in total. The molecule has 1 aliphatic carbocycles. The smallest absolute Gasteiger partial charge is 0.226 e. The Morgan fingerprint density at radius 2 is 2.12 bits per heavy atom. The van der Waals surface area contributed by atoms with Crippen LogP contribution in [-0.2, 0) is 17.8 Å². The Hall–Kier alpha value is -2.50. The van der Waals surface area contributed by atoms with Gasteiger partial charge < -0.3 is 10.6 Å². The standard InChI is InChI=1S/C18H19FN4O/c19-14-3-1-2-11(8-14)12-6-13(7-12)18(24)23-5-4-16-15(9-23)17(20)22-10-21-16/h1-3,8,10,12-13H,4-7,9H2,(H2,20,21,22). The van der Waals surface area contributed by atoms with Gasteiger partial charge in [0, 0.05) is 24.4 Å². The minimum absolute atomic E-state index is 0.0191. The van der Waals surface area contributed by atoms with Gasteiger partial charge in [-0.25, -0.2) is 14.4 Å². The van der Waals surface area contributed by atoms with Crippen LogP contribution >= 0.6 is 0 Å². The van der Waals surface area contributed by atoms with Crippen LogP contribution < -0.4 is 5.73 Å². The largest absolute Gasteiger partial charge is 0.383 e. The molecule has 1 saturated carbocycles. The maximum Gasteiger partial charge on any atom is 0.226 e. The topological polar surface area (TPSA) is 72.1 Å². The fourth-order valence-electron chi connectivity index (χ4n) is 3.66. The number of benzene rings is 1. The molecule has 2 heterocycles. The van der Waals surface area contributed by atoms with Crippen molar-refractivity contribution in [3.63, 3.8) is 0 Å². The van der Waals surface area contributed by atoms with E-state index in [0.29, 0.717) is 25.3 Å². The summed E-state index contributed by atoms with van der Waals surface area (Å²) in [5, 5.41) is 0. The van der Waals surface area contributed by atoms with Crippen LogP contribution in [0.5, 0.6) is 0 Å². The SMILES string of the molecule is Nc1ncnc2c1CN(C(=O)C1CC(c3cccc(F)c3)C1)CC2. The van der Waals surface area contributed by atoms with Crippen molar-refractivity contribution < 1.29 is 9.18 Å². The first kappa shape index (κ1) is 15.1. The zero-order valence-corrected chi connectivity index (χ0v) is 13.3. The Morgan fingerprint density at radius 3 is 2.92 bits per heavy atom. The highest BCUT2D eigenvalue weighted by Gasteiger charge is 2.38. The molecule has 0 saturated heterocycles. The Bertz CT molecular complexity index is 788. The highest BCUT2D eigenvalue weighted by atomic mass is 19.1. The van der Waals surface area contributed by atoms with Gasteiger partial charge in [0.1, 0.15) is 18.0 Å². The lowest BCUT2D eigenvalue weighted by atomic mass is 9.70. The van der Waals surface area contributed by atoms with E-state index in [9.17, 15) is 9.18 Å². The van der Waals surface area contributed by atoms with Crippen LogP contribution in [0.4, 0.5) is 10.2 Å². The van der Waals surface area contributed by atoms with E-state index in [4.69, 9.17) is 5.73 Å². The molecular formula is C18H19FN4O. The van der Waals surface area contributed by atoms with Crippen LogP contribution in [-0.4, -0.2) is 27.3 Å². The van der Waals surface area contributed by atoms with Gasteiger partial charge in [-0.1, -0.05) is 12.1 Å². The van der Waals surface area contributed by atoms with Crippen LogP contribution in [0.3, 0.4) is 0 Å². The van der Waals surface area contributed by atoms with Crippen LogP contribution in [0.1, 0.15) is 35.6 Å². The van der Waals surface area contributed by atoms with Gasteiger partial charge >= 0.3 is 0 Å². The number of aromatic nitrogens is 2. The summed E-state index contributed by atoms with van der Waals surface area (Å²) in [4.78, 5) is 22.8. The third kappa shape index (κ3) is 2.62. The zero-order chi connectivity index (χ0) is 16.7. The van der Waals surface area contributed by atoms with Crippen molar-refractivity contribution in [3.05, 3.63) is 53.2 Å². The fraction of sp³-hybridized carbons (Fsp3) is 0.389. The number of anilines is 1. The highest BCUT2D eigenvalue weighted by Crippen LogP contribution is 2.43. The molecular weight excluding hydrogens is 307 g/mol. The first-order chi connectivity index (χ1) is 11.6. The second-order valence-corrected chi connectivity index (χ2v) is 6.61. The number of rotatable bonds is 2. The first-order valence-corrected chi connectivity index (χ1v) is 8.24. The number of amides is 1. The lowest BCUT2D eigenvalue weighted by Gasteiger charge is -2.39. The quantitative estimate of drug-likeness (QED) is 0.919. The third-order valence-corrected chi connectivity index (χ3v) is 5.15. The van der Waals surface area contributed by atoms with Crippen LogP contribution in [0.2, 0.25) is 0 Å². The second kappa shape index (κ2) is 5.85.